The molecule has 0 bridgehead atoms. The standard InChI is InChI=1S/C46H60N2O5S/c1-2-3-4-5-6-7-8-9-10-11-12-13-17-22-42(50)47-33-36-24-30-40(31-25-36)46-52-41(35-54-43-23-18-19-32-48(43)51)44(38-20-15-14-16-21-38)45(53-46)39-28-26-37(34-49)27-29-39/h14-16,18-21,23-32,41,44-46,49H,2-13,17,22,33-35H2,1H3,(H,47,50). The van der Waals surface area contributed by atoms with E-state index in [4.69, 9.17) is 9.47 Å². The number of hydrogen-bond acceptors (Lipinski definition) is 6. The van der Waals surface area contributed by atoms with E-state index >= 15 is 0 Å². The van der Waals surface area contributed by atoms with Crippen molar-refractivity contribution in [2.24, 2.45) is 0 Å². The molecular weight excluding hydrogens is 693 g/mol. The first kappa shape index (κ1) is 41.5. The molecule has 1 aliphatic rings. The number of aromatic nitrogens is 1. The zero-order chi connectivity index (χ0) is 37.8. The normalized spacial score (nSPS) is 18.4. The molecule has 2 N–H and O–H groups in total. The summed E-state index contributed by atoms with van der Waals surface area (Å²) in [6, 6.07) is 31.7. The Balaban J connectivity index is 1.15. The second kappa shape index (κ2) is 23.3. The first-order valence-electron chi connectivity index (χ1n) is 20.3. The van der Waals surface area contributed by atoms with Gasteiger partial charge in [0.1, 0.15) is 0 Å². The zero-order valence-corrected chi connectivity index (χ0v) is 32.9. The lowest BCUT2D eigenvalue weighted by molar-refractivity contribution is -0.645. The molecule has 2 heterocycles. The molecule has 4 atom stereocenters. The van der Waals surface area contributed by atoms with E-state index in [1.165, 1.54) is 88.6 Å². The fraction of sp³-hybridized carbons (Fsp3) is 0.478. The van der Waals surface area contributed by atoms with Crippen LogP contribution in [0.3, 0.4) is 0 Å². The number of pyridine rings is 1. The number of hydrogen-bond donors (Lipinski definition) is 2. The number of aliphatic hydroxyl groups is 1. The van der Waals surface area contributed by atoms with Gasteiger partial charge in [0.25, 0.3) is 5.03 Å². The summed E-state index contributed by atoms with van der Waals surface area (Å²) in [6.45, 7) is 2.72. The van der Waals surface area contributed by atoms with Crippen molar-refractivity contribution < 1.29 is 24.1 Å². The van der Waals surface area contributed by atoms with Crippen LogP contribution in [0.25, 0.3) is 0 Å². The number of amides is 1. The summed E-state index contributed by atoms with van der Waals surface area (Å²) in [5.74, 6) is 0.490. The molecule has 0 aliphatic carbocycles. The average molecular weight is 753 g/mol. The smallest absolute Gasteiger partial charge is 0.251 e. The van der Waals surface area contributed by atoms with Crippen LogP contribution in [0.1, 0.15) is 143 Å². The molecule has 4 aromatic rings. The Labute approximate surface area is 327 Å². The van der Waals surface area contributed by atoms with Gasteiger partial charge in [-0.15, -0.1) is 0 Å². The summed E-state index contributed by atoms with van der Waals surface area (Å²) in [5, 5.41) is 26.0. The fourth-order valence-electron chi connectivity index (χ4n) is 7.23. The number of nitrogens with one attached hydrogen (secondary N) is 1. The van der Waals surface area contributed by atoms with Crippen LogP contribution in [0.5, 0.6) is 0 Å². The number of carbonyl (C=O) groups excluding carboxylic acids is 1. The van der Waals surface area contributed by atoms with E-state index in [0.717, 1.165) is 45.4 Å². The molecule has 1 aliphatic heterocycles. The number of unbranched alkanes of at least 4 members (excludes halogenated alkanes) is 12. The Kier molecular flexibility index (Phi) is 17.9. The lowest BCUT2D eigenvalue weighted by Crippen LogP contribution is -2.39. The van der Waals surface area contributed by atoms with Gasteiger partial charge in [-0.2, -0.15) is 4.73 Å². The van der Waals surface area contributed by atoms with Crippen LogP contribution < -0.4 is 10.0 Å². The van der Waals surface area contributed by atoms with Crippen LogP contribution in [0, 0.1) is 5.21 Å². The van der Waals surface area contributed by atoms with Gasteiger partial charge in [-0.1, -0.05) is 175 Å². The maximum atomic E-state index is 12.6. The summed E-state index contributed by atoms with van der Waals surface area (Å²) < 4.78 is 14.5. The molecule has 1 saturated heterocycles. The van der Waals surface area contributed by atoms with Crippen molar-refractivity contribution in [3.05, 3.63) is 136 Å². The third kappa shape index (κ3) is 13.3. The molecule has 0 radical (unpaired) electrons. The minimum atomic E-state index is -0.646. The highest BCUT2D eigenvalue weighted by molar-refractivity contribution is 7.99. The lowest BCUT2D eigenvalue weighted by Gasteiger charge is -2.43. The predicted octanol–water partition coefficient (Wildman–Crippen LogP) is 10.6. The first-order chi connectivity index (χ1) is 26.6. The molecule has 1 fully saturated rings. The number of aliphatic hydroxyl groups excluding tert-OH is 1. The van der Waals surface area contributed by atoms with E-state index in [1.807, 2.05) is 78.9 Å². The Bertz CT molecular complexity index is 1640. The minimum Gasteiger partial charge on any atom is -0.618 e. The van der Waals surface area contributed by atoms with Crippen molar-refractivity contribution in [2.45, 2.75) is 139 Å². The second-order valence-corrected chi connectivity index (χ2v) is 15.6. The van der Waals surface area contributed by atoms with Crippen LogP contribution in [0.15, 0.2) is 108 Å². The van der Waals surface area contributed by atoms with E-state index < -0.39 is 6.29 Å². The molecule has 290 valence electrons. The Morgan fingerprint density at radius 1 is 0.704 bits per heavy atom. The van der Waals surface area contributed by atoms with Gasteiger partial charge in [-0.25, -0.2) is 0 Å². The quantitative estimate of drug-likeness (QED) is 0.0339. The number of benzene rings is 3. The van der Waals surface area contributed by atoms with E-state index in [-0.39, 0.29) is 30.6 Å². The molecule has 7 nitrogen and oxygen atoms in total. The molecule has 0 spiro atoms. The molecule has 8 heteroatoms. The minimum absolute atomic E-state index is 0.0303. The van der Waals surface area contributed by atoms with Gasteiger partial charge in [-0.05, 0) is 34.7 Å². The monoisotopic (exact) mass is 752 g/mol. The van der Waals surface area contributed by atoms with Gasteiger partial charge in [-0.3, -0.25) is 4.79 Å². The maximum Gasteiger partial charge on any atom is 0.251 e. The Hall–Kier alpha value is -3.69. The SMILES string of the molecule is CCCCCCCCCCCCCCCC(=O)NCc1ccc(C2OC(CSc3cccc[n+]3[O-])C(c3ccccc3)C(c3ccc(CO)cc3)O2)cc1. The van der Waals surface area contributed by atoms with Crippen molar-refractivity contribution in [2.75, 3.05) is 5.75 Å². The zero-order valence-electron chi connectivity index (χ0n) is 32.1. The van der Waals surface area contributed by atoms with Gasteiger partial charge in [0.2, 0.25) is 5.91 Å². The molecular formula is C46H60N2O5S. The largest absolute Gasteiger partial charge is 0.618 e. The summed E-state index contributed by atoms with van der Waals surface area (Å²) in [5.41, 5.74) is 4.82. The topological polar surface area (TPSA) is 94.7 Å². The number of thioether (sulfide) groups is 1. The Morgan fingerprint density at radius 3 is 1.93 bits per heavy atom. The van der Waals surface area contributed by atoms with Gasteiger partial charge in [0.05, 0.1) is 18.8 Å². The highest BCUT2D eigenvalue weighted by atomic mass is 32.2. The fourth-order valence-corrected chi connectivity index (χ4v) is 8.21. The lowest BCUT2D eigenvalue weighted by atomic mass is 9.84. The molecule has 3 aromatic carbocycles. The molecule has 54 heavy (non-hydrogen) atoms. The van der Waals surface area contributed by atoms with Crippen molar-refractivity contribution >= 4 is 17.7 Å². The van der Waals surface area contributed by atoms with Crippen LogP contribution in [-0.2, 0) is 27.4 Å². The van der Waals surface area contributed by atoms with Crippen LogP contribution in [0.2, 0.25) is 0 Å². The summed E-state index contributed by atoms with van der Waals surface area (Å²) >= 11 is 1.48. The van der Waals surface area contributed by atoms with Crippen molar-refractivity contribution in [3.63, 3.8) is 0 Å². The van der Waals surface area contributed by atoms with Crippen molar-refractivity contribution in [1.82, 2.24) is 5.32 Å². The molecule has 5 rings (SSSR count). The van der Waals surface area contributed by atoms with Crippen LogP contribution >= 0.6 is 11.8 Å². The average Bonchev–Trinajstić information content (AvgIpc) is 3.21. The third-order valence-electron chi connectivity index (χ3n) is 10.4. The molecule has 4 unspecified atom stereocenters. The van der Waals surface area contributed by atoms with Crippen molar-refractivity contribution in [3.8, 4) is 0 Å². The summed E-state index contributed by atoms with van der Waals surface area (Å²) in [7, 11) is 0. The van der Waals surface area contributed by atoms with Gasteiger partial charge >= 0.3 is 0 Å². The maximum absolute atomic E-state index is 12.6. The van der Waals surface area contributed by atoms with Crippen LogP contribution in [-0.4, -0.2) is 22.9 Å². The highest BCUT2D eigenvalue weighted by Crippen LogP contribution is 2.48. The van der Waals surface area contributed by atoms with E-state index in [9.17, 15) is 15.1 Å². The number of ether oxygens (including phenoxy) is 2. The molecule has 1 amide bonds. The second-order valence-electron chi connectivity index (χ2n) is 14.6. The predicted molar refractivity (Wildman–Crippen MR) is 218 cm³/mol. The number of rotatable bonds is 23. The number of nitrogens with zero attached hydrogens (tertiary/aromatic N) is 1. The number of carbonyl (C=O) groups is 1. The molecule has 1 aromatic heterocycles. The Morgan fingerprint density at radius 2 is 1.30 bits per heavy atom. The van der Waals surface area contributed by atoms with Crippen molar-refractivity contribution in [1.29, 1.82) is 0 Å². The van der Waals surface area contributed by atoms with Gasteiger partial charge in [0, 0.05) is 42.3 Å². The van der Waals surface area contributed by atoms with Crippen LogP contribution in [0.4, 0.5) is 0 Å². The van der Waals surface area contributed by atoms with Gasteiger partial charge in [0.15, 0.2) is 12.5 Å². The van der Waals surface area contributed by atoms with Gasteiger partial charge < -0.3 is 25.1 Å². The third-order valence-corrected chi connectivity index (χ3v) is 11.5. The van der Waals surface area contributed by atoms with E-state index in [1.54, 1.807) is 6.07 Å². The highest BCUT2D eigenvalue weighted by Gasteiger charge is 2.42. The molecule has 0 saturated carbocycles. The summed E-state index contributed by atoms with van der Waals surface area (Å²) in [4.78, 5) is 12.6. The summed E-state index contributed by atoms with van der Waals surface area (Å²) in [6.07, 6.45) is 17.6. The van der Waals surface area contributed by atoms with E-state index in [0.29, 0.717) is 23.7 Å². The first-order valence-corrected chi connectivity index (χ1v) is 21.3. The van der Waals surface area contributed by atoms with E-state index in [2.05, 4.69) is 24.4 Å².